The lowest BCUT2D eigenvalue weighted by Crippen LogP contribution is -2.59. The van der Waals surface area contributed by atoms with Gasteiger partial charge in [0.15, 0.2) is 29.3 Å². The van der Waals surface area contributed by atoms with E-state index in [0.717, 1.165) is 0 Å². The van der Waals surface area contributed by atoms with Crippen molar-refractivity contribution in [2.24, 2.45) is 11.8 Å². The Kier molecular flexibility index (Phi) is 9.59. The Morgan fingerprint density at radius 1 is 0.850 bits per heavy atom. The highest BCUT2D eigenvalue weighted by molar-refractivity contribution is 5.53. The molecule has 0 aromatic heterocycles. The summed E-state index contributed by atoms with van der Waals surface area (Å²) in [6, 6.07) is 7.64. The van der Waals surface area contributed by atoms with Crippen LogP contribution in [0.25, 0.3) is 0 Å². The second-order valence-electron chi connectivity index (χ2n) is 9.72. The number of benzene rings is 2. The Morgan fingerprint density at radius 2 is 1.50 bits per heavy atom. The predicted octanol–water partition coefficient (Wildman–Crippen LogP) is -0.0226. The van der Waals surface area contributed by atoms with Gasteiger partial charge >= 0.3 is 0 Å². The molecule has 7 N–H and O–H groups in total. The van der Waals surface area contributed by atoms with Gasteiger partial charge in [0.05, 0.1) is 46.8 Å². The first kappa shape index (κ1) is 30.1. The monoisotopic (exact) mass is 568 g/mol. The molecule has 2 aromatic rings. The smallest absolute Gasteiger partial charge is 0.200 e. The molecular weight excluding hydrogens is 532 g/mol. The van der Waals surface area contributed by atoms with Crippen LogP contribution in [0.15, 0.2) is 30.3 Å². The second kappa shape index (κ2) is 12.7. The molecule has 0 saturated carbocycles. The van der Waals surface area contributed by atoms with Crippen LogP contribution in [0.1, 0.15) is 23.3 Å². The van der Waals surface area contributed by atoms with Gasteiger partial charge < -0.3 is 64.2 Å². The van der Waals surface area contributed by atoms with Crippen LogP contribution in [-0.2, 0) is 14.2 Å². The zero-order valence-corrected chi connectivity index (χ0v) is 22.3. The van der Waals surface area contributed by atoms with E-state index in [1.165, 1.54) is 33.5 Å². The number of rotatable bonds is 10. The number of phenolic OH excluding ortho intramolecular Hbond substituents is 2. The molecule has 0 radical (unpaired) electrons. The van der Waals surface area contributed by atoms with E-state index in [9.17, 15) is 35.7 Å². The van der Waals surface area contributed by atoms with Gasteiger partial charge in [0, 0.05) is 18.4 Å². The fourth-order valence-corrected chi connectivity index (χ4v) is 5.27. The number of ether oxygens (including phenoxy) is 6. The molecule has 40 heavy (non-hydrogen) atoms. The zero-order valence-electron chi connectivity index (χ0n) is 22.3. The third-order valence-electron chi connectivity index (χ3n) is 7.50. The molecule has 4 rings (SSSR count). The minimum absolute atomic E-state index is 0.0622. The first-order chi connectivity index (χ1) is 19.2. The summed E-state index contributed by atoms with van der Waals surface area (Å²) in [7, 11) is 4.16. The van der Waals surface area contributed by atoms with Crippen LogP contribution < -0.4 is 14.2 Å². The molecular formula is C27H36O13. The van der Waals surface area contributed by atoms with Gasteiger partial charge in [-0.05, 0) is 35.4 Å². The number of hydrogen-bond donors (Lipinski definition) is 7. The third kappa shape index (κ3) is 5.64. The normalized spacial score (nSPS) is 31.1. The van der Waals surface area contributed by atoms with Crippen molar-refractivity contribution in [2.75, 3.05) is 41.2 Å². The van der Waals surface area contributed by atoms with Gasteiger partial charge in [-0.3, -0.25) is 0 Å². The average Bonchev–Trinajstić information content (AvgIpc) is 3.40. The van der Waals surface area contributed by atoms with Gasteiger partial charge in [-0.1, -0.05) is 6.07 Å². The Labute approximate surface area is 230 Å². The number of methoxy groups -OCH3 is 3. The highest BCUT2D eigenvalue weighted by atomic mass is 16.7. The van der Waals surface area contributed by atoms with Crippen molar-refractivity contribution < 1.29 is 64.2 Å². The predicted molar refractivity (Wildman–Crippen MR) is 136 cm³/mol. The fourth-order valence-electron chi connectivity index (χ4n) is 5.27. The highest BCUT2D eigenvalue weighted by Gasteiger charge is 2.49. The van der Waals surface area contributed by atoms with Gasteiger partial charge in [-0.2, -0.15) is 0 Å². The molecule has 2 saturated heterocycles. The van der Waals surface area contributed by atoms with Gasteiger partial charge in [0.2, 0.25) is 5.75 Å². The van der Waals surface area contributed by atoms with Crippen LogP contribution in [-0.4, -0.2) is 108 Å². The van der Waals surface area contributed by atoms with E-state index in [-0.39, 0.29) is 42.0 Å². The van der Waals surface area contributed by atoms with Gasteiger partial charge in [-0.25, -0.2) is 0 Å². The van der Waals surface area contributed by atoms with E-state index in [2.05, 4.69) is 0 Å². The summed E-state index contributed by atoms with van der Waals surface area (Å²) < 4.78 is 33.7. The van der Waals surface area contributed by atoms with E-state index in [1.54, 1.807) is 18.2 Å². The first-order valence-electron chi connectivity index (χ1n) is 12.7. The summed E-state index contributed by atoms with van der Waals surface area (Å²) in [6.07, 6.45) is -9.24. The molecule has 13 nitrogen and oxygen atoms in total. The molecule has 0 unspecified atom stereocenters. The standard InChI is InChI=1S/C27H36O13/c1-35-17-6-12(4-5-16(17)30)26(40-27-24(34)23(33)22(32)20(10-29)39-27)15-11-38-25(14(15)9-28)13-7-18(36-2)21(31)19(8-13)37-3/h4-8,14-15,20,22-34H,9-11H2,1-3H3/t14-,15+,20-,22-,23+,24-,25+,26+,27+/m1/s1. The van der Waals surface area contributed by atoms with Crippen LogP contribution in [0.3, 0.4) is 0 Å². The van der Waals surface area contributed by atoms with Crippen molar-refractivity contribution in [3.05, 3.63) is 41.5 Å². The molecule has 0 amide bonds. The Balaban J connectivity index is 1.72. The maximum Gasteiger partial charge on any atom is 0.200 e. The lowest BCUT2D eigenvalue weighted by molar-refractivity contribution is -0.317. The van der Waals surface area contributed by atoms with Gasteiger partial charge in [-0.15, -0.1) is 0 Å². The Hall–Kier alpha value is -2.88. The molecule has 2 heterocycles. The summed E-state index contributed by atoms with van der Waals surface area (Å²) in [5, 5.41) is 71.8. The molecule has 13 heteroatoms. The summed E-state index contributed by atoms with van der Waals surface area (Å²) in [6.45, 7) is -0.932. The molecule has 0 spiro atoms. The maximum atomic E-state index is 10.7. The number of hydrogen-bond acceptors (Lipinski definition) is 13. The summed E-state index contributed by atoms with van der Waals surface area (Å²) in [4.78, 5) is 0. The van der Waals surface area contributed by atoms with Crippen LogP contribution in [0.2, 0.25) is 0 Å². The average molecular weight is 569 g/mol. The maximum absolute atomic E-state index is 10.7. The van der Waals surface area contributed by atoms with E-state index in [4.69, 9.17) is 28.4 Å². The largest absolute Gasteiger partial charge is 0.504 e. The number of aliphatic hydroxyl groups excluding tert-OH is 5. The summed E-state index contributed by atoms with van der Waals surface area (Å²) in [5.41, 5.74) is 1.03. The van der Waals surface area contributed by atoms with Crippen molar-refractivity contribution in [2.45, 2.75) is 42.9 Å². The quantitative estimate of drug-likeness (QED) is 0.202. The lowest BCUT2D eigenvalue weighted by Gasteiger charge is -2.42. The van der Waals surface area contributed by atoms with E-state index < -0.39 is 61.4 Å². The van der Waals surface area contributed by atoms with Crippen molar-refractivity contribution in [3.63, 3.8) is 0 Å². The number of phenols is 2. The molecule has 2 aromatic carbocycles. The van der Waals surface area contributed by atoms with Crippen molar-refractivity contribution in [3.8, 4) is 28.7 Å². The topological polar surface area (TPSA) is 197 Å². The van der Waals surface area contributed by atoms with Crippen LogP contribution in [0.5, 0.6) is 28.7 Å². The number of aromatic hydroxyl groups is 2. The van der Waals surface area contributed by atoms with Crippen LogP contribution in [0.4, 0.5) is 0 Å². The molecule has 2 aliphatic rings. The third-order valence-corrected chi connectivity index (χ3v) is 7.50. The number of aliphatic hydroxyl groups is 5. The molecule has 2 fully saturated rings. The highest BCUT2D eigenvalue weighted by Crippen LogP contribution is 2.49. The zero-order chi connectivity index (χ0) is 29.1. The van der Waals surface area contributed by atoms with Crippen LogP contribution in [0, 0.1) is 11.8 Å². The Morgan fingerprint density at radius 3 is 2.08 bits per heavy atom. The van der Waals surface area contributed by atoms with Crippen molar-refractivity contribution >= 4 is 0 Å². The van der Waals surface area contributed by atoms with E-state index >= 15 is 0 Å². The van der Waals surface area contributed by atoms with E-state index in [1.807, 2.05) is 0 Å². The van der Waals surface area contributed by atoms with Crippen LogP contribution >= 0.6 is 0 Å². The first-order valence-corrected chi connectivity index (χ1v) is 12.7. The van der Waals surface area contributed by atoms with Gasteiger partial charge in [0.25, 0.3) is 0 Å². The Bertz CT molecular complexity index is 1120. The summed E-state index contributed by atoms with van der Waals surface area (Å²) in [5.74, 6) is -1.06. The van der Waals surface area contributed by atoms with E-state index in [0.29, 0.717) is 11.1 Å². The van der Waals surface area contributed by atoms with Gasteiger partial charge in [0.1, 0.15) is 24.4 Å². The molecule has 222 valence electrons. The second-order valence-corrected chi connectivity index (χ2v) is 9.72. The SMILES string of the molecule is COc1cc([C@H](O[C@@H]2O[C@H](CO)[C@@H](O)[C@H](O)[C@H]2O)[C@H]2CO[C@@H](c3cc(OC)c(O)c(OC)c3)[C@@H]2CO)ccc1O. The van der Waals surface area contributed by atoms with Crippen molar-refractivity contribution in [1.82, 2.24) is 0 Å². The molecule has 2 aliphatic heterocycles. The van der Waals surface area contributed by atoms with Crippen molar-refractivity contribution in [1.29, 1.82) is 0 Å². The minimum atomic E-state index is -1.67. The minimum Gasteiger partial charge on any atom is -0.504 e. The fraction of sp³-hybridized carbons (Fsp3) is 0.556. The molecule has 0 aliphatic carbocycles. The molecule has 9 atom stereocenters. The summed E-state index contributed by atoms with van der Waals surface area (Å²) >= 11 is 0. The lowest BCUT2D eigenvalue weighted by atomic mass is 9.82. The molecule has 0 bridgehead atoms.